The van der Waals surface area contributed by atoms with E-state index in [1.807, 2.05) is 24.4 Å². The molecule has 5 nitrogen and oxygen atoms in total. The maximum Gasteiger partial charge on any atom is 0.230 e. The molecule has 0 saturated heterocycles. The molecule has 28 heavy (non-hydrogen) atoms. The zero-order chi connectivity index (χ0) is 19.2. The van der Waals surface area contributed by atoms with Crippen molar-refractivity contribution in [2.45, 2.75) is 37.1 Å². The van der Waals surface area contributed by atoms with E-state index in [0.29, 0.717) is 12.3 Å². The molecule has 0 unspecified atom stereocenters. The van der Waals surface area contributed by atoms with Crippen molar-refractivity contribution < 1.29 is 4.79 Å². The summed E-state index contributed by atoms with van der Waals surface area (Å²) in [6.07, 6.45) is 11.8. The van der Waals surface area contributed by atoms with Gasteiger partial charge in [0, 0.05) is 18.3 Å². The lowest BCUT2D eigenvalue weighted by molar-refractivity contribution is -0.118. The topological polar surface area (TPSA) is 70.7 Å². The van der Waals surface area contributed by atoms with E-state index in [9.17, 15) is 4.79 Å². The van der Waals surface area contributed by atoms with E-state index < -0.39 is 0 Å². The normalized spacial score (nSPS) is 14.1. The number of hydrogen-bond donors (Lipinski definition) is 2. The lowest BCUT2D eigenvalue weighted by atomic mass is 9.97. The highest BCUT2D eigenvalue weighted by Gasteiger charge is 2.13. The summed E-state index contributed by atoms with van der Waals surface area (Å²) in [5.74, 6) is 0.396. The summed E-state index contributed by atoms with van der Waals surface area (Å²) in [6, 6.07) is 10.1. The number of nitrogens with zero attached hydrogens (tertiary/aromatic N) is 2. The Bertz CT molecular complexity index is 981. The molecular weight excluding hydrogens is 368 g/mol. The van der Waals surface area contributed by atoms with Crippen molar-refractivity contribution in [1.29, 1.82) is 0 Å². The molecule has 0 fully saturated rings. The Labute approximate surface area is 169 Å². The smallest absolute Gasteiger partial charge is 0.230 e. The third kappa shape index (κ3) is 4.44. The molecule has 144 valence electrons. The summed E-state index contributed by atoms with van der Waals surface area (Å²) in [4.78, 5) is 24.3. The number of nitrogens with one attached hydrogen (secondary N) is 2. The molecule has 0 aliphatic heterocycles. The van der Waals surface area contributed by atoms with Gasteiger partial charge in [0.15, 0.2) is 0 Å². The first-order valence-electron chi connectivity index (χ1n) is 9.76. The fourth-order valence-electron chi connectivity index (χ4n) is 3.54. The molecule has 0 bridgehead atoms. The van der Waals surface area contributed by atoms with Crippen molar-refractivity contribution in [3.05, 3.63) is 54.5 Å². The SMILES string of the molecule is O=C(CSc1ncnc2c(-c3ccccc3)c[nH]c12)NCCC1=CCCCC1. The molecule has 1 aromatic carbocycles. The van der Waals surface area contributed by atoms with E-state index in [1.54, 1.807) is 6.33 Å². The molecule has 1 amide bonds. The van der Waals surface area contributed by atoms with Crippen LogP contribution in [0.25, 0.3) is 22.2 Å². The molecule has 4 rings (SSSR count). The number of rotatable bonds is 7. The number of aromatic nitrogens is 3. The number of aromatic amines is 1. The number of carbonyl (C=O) groups excluding carboxylic acids is 1. The molecule has 6 heteroatoms. The minimum absolute atomic E-state index is 0.0445. The van der Waals surface area contributed by atoms with Crippen LogP contribution in [0.15, 0.2) is 59.5 Å². The minimum atomic E-state index is 0.0445. The van der Waals surface area contributed by atoms with E-state index in [1.165, 1.54) is 43.0 Å². The van der Waals surface area contributed by atoms with Gasteiger partial charge in [-0.05, 0) is 37.7 Å². The Balaban J connectivity index is 1.36. The van der Waals surface area contributed by atoms with Gasteiger partial charge in [0.1, 0.15) is 16.9 Å². The van der Waals surface area contributed by atoms with Crippen molar-refractivity contribution >= 4 is 28.7 Å². The van der Waals surface area contributed by atoms with E-state index in [4.69, 9.17) is 0 Å². The summed E-state index contributed by atoms with van der Waals surface area (Å²) >= 11 is 1.44. The van der Waals surface area contributed by atoms with E-state index in [2.05, 4.69) is 38.5 Å². The maximum atomic E-state index is 12.2. The van der Waals surface area contributed by atoms with Gasteiger partial charge in [-0.2, -0.15) is 0 Å². The van der Waals surface area contributed by atoms with Gasteiger partial charge in [0.2, 0.25) is 5.91 Å². The molecule has 0 atom stereocenters. The fraction of sp³-hybridized carbons (Fsp3) is 0.318. The van der Waals surface area contributed by atoms with E-state index >= 15 is 0 Å². The van der Waals surface area contributed by atoms with Crippen LogP contribution in [-0.4, -0.2) is 33.2 Å². The zero-order valence-corrected chi connectivity index (χ0v) is 16.6. The Morgan fingerprint density at radius 2 is 2.07 bits per heavy atom. The highest BCUT2D eigenvalue weighted by molar-refractivity contribution is 8.00. The number of thioether (sulfide) groups is 1. The van der Waals surface area contributed by atoms with E-state index in [0.717, 1.165) is 33.6 Å². The number of H-pyrrole nitrogens is 1. The Kier molecular flexibility index (Phi) is 6.07. The van der Waals surface area contributed by atoms with Crippen LogP contribution < -0.4 is 5.32 Å². The van der Waals surface area contributed by atoms with Gasteiger partial charge in [-0.3, -0.25) is 4.79 Å². The molecule has 1 aliphatic rings. The number of hydrogen-bond acceptors (Lipinski definition) is 4. The second kappa shape index (κ2) is 9.06. The van der Waals surface area contributed by atoms with Gasteiger partial charge in [-0.1, -0.05) is 53.7 Å². The lowest BCUT2D eigenvalue weighted by Crippen LogP contribution is -2.26. The molecule has 0 radical (unpaired) electrons. The maximum absolute atomic E-state index is 12.2. The molecule has 0 saturated carbocycles. The standard InChI is InChI=1S/C22H24N4OS/c27-19(23-12-11-16-7-3-1-4-8-16)14-28-22-21-20(25-15-26-22)18(13-24-21)17-9-5-2-6-10-17/h2,5-7,9-10,13,15,24H,1,3-4,8,11-12,14H2,(H,23,27). The first kappa shape index (κ1) is 18.7. The summed E-state index contributed by atoms with van der Waals surface area (Å²) < 4.78 is 0. The number of amides is 1. The van der Waals surface area contributed by atoms with Crippen LogP contribution in [0.5, 0.6) is 0 Å². The summed E-state index contributed by atoms with van der Waals surface area (Å²) in [5, 5.41) is 3.83. The van der Waals surface area contributed by atoms with Crippen LogP contribution >= 0.6 is 11.8 Å². The molecule has 2 heterocycles. The van der Waals surface area contributed by atoms with Gasteiger partial charge in [0.25, 0.3) is 0 Å². The van der Waals surface area contributed by atoms with Gasteiger partial charge in [-0.15, -0.1) is 0 Å². The van der Waals surface area contributed by atoms with Gasteiger partial charge < -0.3 is 10.3 Å². The van der Waals surface area contributed by atoms with Gasteiger partial charge >= 0.3 is 0 Å². The van der Waals surface area contributed by atoms with E-state index in [-0.39, 0.29) is 5.91 Å². The minimum Gasteiger partial charge on any atom is -0.357 e. The van der Waals surface area contributed by atoms with Gasteiger partial charge in [0.05, 0.1) is 11.3 Å². The highest BCUT2D eigenvalue weighted by atomic mass is 32.2. The zero-order valence-electron chi connectivity index (χ0n) is 15.8. The summed E-state index contributed by atoms with van der Waals surface area (Å²) in [5.41, 5.74) is 5.40. The Hall–Kier alpha value is -2.60. The highest BCUT2D eigenvalue weighted by Crippen LogP contribution is 2.31. The quantitative estimate of drug-likeness (QED) is 0.347. The molecule has 1 aliphatic carbocycles. The summed E-state index contributed by atoms with van der Waals surface area (Å²) in [7, 11) is 0. The van der Waals surface area contributed by atoms with Crippen LogP contribution in [0.3, 0.4) is 0 Å². The second-order valence-corrected chi connectivity index (χ2v) is 7.93. The fourth-order valence-corrected chi connectivity index (χ4v) is 4.33. The lowest BCUT2D eigenvalue weighted by Gasteiger charge is -2.12. The average molecular weight is 393 g/mol. The molecule has 0 spiro atoms. The summed E-state index contributed by atoms with van der Waals surface area (Å²) in [6.45, 7) is 0.713. The Morgan fingerprint density at radius 1 is 1.18 bits per heavy atom. The van der Waals surface area contributed by atoms with Gasteiger partial charge in [-0.25, -0.2) is 9.97 Å². The van der Waals surface area contributed by atoms with Crippen molar-refractivity contribution in [2.75, 3.05) is 12.3 Å². The monoisotopic (exact) mass is 392 g/mol. The third-order valence-corrected chi connectivity index (χ3v) is 6.00. The van der Waals surface area contributed by atoms with Crippen LogP contribution in [0.1, 0.15) is 32.1 Å². The second-order valence-electron chi connectivity index (χ2n) is 6.97. The number of benzene rings is 1. The van der Waals surface area contributed by atoms with Crippen LogP contribution in [0, 0.1) is 0 Å². The first-order chi connectivity index (χ1) is 13.8. The average Bonchev–Trinajstić information content (AvgIpc) is 3.18. The van der Waals surface area contributed by atoms with Crippen molar-refractivity contribution in [3.63, 3.8) is 0 Å². The number of fused-ring (bicyclic) bond motifs is 1. The largest absolute Gasteiger partial charge is 0.357 e. The molecular formula is C22H24N4OS. The first-order valence-corrected chi connectivity index (χ1v) is 10.7. The van der Waals surface area contributed by atoms with Crippen molar-refractivity contribution in [2.24, 2.45) is 0 Å². The predicted octanol–water partition coefficient (Wildman–Crippen LogP) is 4.72. The Morgan fingerprint density at radius 3 is 2.89 bits per heavy atom. The third-order valence-electron chi connectivity index (χ3n) is 5.01. The van der Waals surface area contributed by atoms with Crippen molar-refractivity contribution in [1.82, 2.24) is 20.3 Å². The van der Waals surface area contributed by atoms with Crippen molar-refractivity contribution in [3.8, 4) is 11.1 Å². The molecule has 2 N–H and O–H groups in total. The van der Waals surface area contributed by atoms with Crippen LogP contribution in [0.4, 0.5) is 0 Å². The van der Waals surface area contributed by atoms with Crippen LogP contribution in [-0.2, 0) is 4.79 Å². The molecule has 3 aromatic rings. The number of allylic oxidation sites excluding steroid dienone is 1. The van der Waals surface area contributed by atoms with Crippen LogP contribution in [0.2, 0.25) is 0 Å². The molecule has 2 aromatic heterocycles. The number of carbonyl (C=O) groups is 1. The predicted molar refractivity (Wildman–Crippen MR) is 114 cm³/mol.